The van der Waals surface area contributed by atoms with Crippen molar-refractivity contribution in [3.05, 3.63) is 64.3 Å². The summed E-state index contributed by atoms with van der Waals surface area (Å²) in [5, 5.41) is 3.00. The SMILES string of the molecule is COC(=O)C(C)S(=O)(=O)c1ccc(C(C)NC(=O)c2cc3c(Cl)cc(C)cc3n2C)cc1. The number of esters is 1. The molecule has 0 bridgehead atoms. The first-order valence-electron chi connectivity index (χ1n) is 9.95. The summed E-state index contributed by atoms with van der Waals surface area (Å²) in [4.78, 5) is 24.6. The second kappa shape index (κ2) is 8.96. The van der Waals surface area contributed by atoms with Crippen LogP contribution in [0.2, 0.25) is 5.02 Å². The molecule has 0 radical (unpaired) electrons. The lowest BCUT2D eigenvalue weighted by molar-refractivity contribution is -0.139. The van der Waals surface area contributed by atoms with E-state index in [9.17, 15) is 18.0 Å². The van der Waals surface area contributed by atoms with E-state index in [2.05, 4.69) is 10.1 Å². The van der Waals surface area contributed by atoms with Gasteiger partial charge in [0.15, 0.2) is 15.1 Å². The van der Waals surface area contributed by atoms with Crippen molar-refractivity contribution in [3.8, 4) is 0 Å². The summed E-state index contributed by atoms with van der Waals surface area (Å²) in [5.74, 6) is -1.10. The Kier molecular flexibility index (Phi) is 6.67. The third kappa shape index (κ3) is 4.38. The molecule has 3 aromatic rings. The maximum absolute atomic E-state index is 12.9. The smallest absolute Gasteiger partial charge is 0.324 e. The summed E-state index contributed by atoms with van der Waals surface area (Å²) < 4.78 is 31.5. The highest BCUT2D eigenvalue weighted by atomic mass is 35.5. The number of halogens is 1. The normalized spacial score (nSPS) is 13.6. The Morgan fingerprint density at radius 3 is 2.31 bits per heavy atom. The van der Waals surface area contributed by atoms with Crippen LogP contribution in [-0.4, -0.2) is 37.2 Å². The second-order valence-electron chi connectivity index (χ2n) is 7.74. The van der Waals surface area contributed by atoms with E-state index >= 15 is 0 Å². The van der Waals surface area contributed by atoms with Gasteiger partial charge in [-0.05, 0) is 62.2 Å². The molecule has 1 heterocycles. The molecule has 0 aliphatic rings. The Labute approximate surface area is 192 Å². The number of nitrogens with zero attached hydrogens (tertiary/aromatic N) is 1. The molecule has 32 heavy (non-hydrogen) atoms. The summed E-state index contributed by atoms with van der Waals surface area (Å²) >= 11 is 6.33. The first-order valence-corrected chi connectivity index (χ1v) is 11.9. The topological polar surface area (TPSA) is 94.5 Å². The number of rotatable bonds is 6. The van der Waals surface area contributed by atoms with Crippen LogP contribution < -0.4 is 5.32 Å². The van der Waals surface area contributed by atoms with Gasteiger partial charge in [0, 0.05) is 12.4 Å². The molecule has 2 unspecified atom stereocenters. The summed E-state index contributed by atoms with van der Waals surface area (Å²) in [6, 6.07) is 11.3. The fraction of sp³-hybridized carbons (Fsp3) is 0.304. The molecule has 0 aliphatic heterocycles. The highest BCUT2D eigenvalue weighted by molar-refractivity contribution is 7.92. The zero-order valence-electron chi connectivity index (χ0n) is 18.5. The van der Waals surface area contributed by atoms with Gasteiger partial charge in [-0.1, -0.05) is 23.7 Å². The van der Waals surface area contributed by atoms with Crippen LogP contribution in [0.15, 0.2) is 47.4 Å². The van der Waals surface area contributed by atoms with E-state index in [-0.39, 0.29) is 16.8 Å². The van der Waals surface area contributed by atoms with Gasteiger partial charge in [-0.15, -0.1) is 0 Å². The zero-order chi connectivity index (χ0) is 23.8. The number of hydrogen-bond acceptors (Lipinski definition) is 5. The predicted molar refractivity (Wildman–Crippen MR) is 124 cm³/mol. The van der Waals surface area contributed by atoms with Gasteiger partial charge in [0.2, 0.25) is 0 Å². The van der Waals surface area contributed by atoms with Crippen LogP contribution in [0.1, 0.15) is 41.5 Å². The van der Waals surface area contributed by atoms with Crippen LogP contribution in [0.4, 0.5) is 0 Å². The summed E-state index contributed by atoms with van der Waals surface area (Å²) in [6.07, 6.45) is 0. The van der Waals surface area contributed by atoms with Crippen molar-refractivity contribution >= 4 is 44.2 Å². The third-order valence-corrected chi connectivity index (χ3v) is 7.91. The molecular weight excluding hydrogens is 452 g/mol. The predicted octanol–water partition coefficient (Wildman–Crippen LogP) is 3.97. The van der Waals surface area contributed by atoms with Crippen molar-refractivity contribution in [2.24, 2.45) is 7.05 Å². The number of benzene rings is 2. The molecule has 0 fully saturated rings. The number of carbonyl (C=O) groups is 2. The molecule has 1 amide bonds. The maximum atomic E-state index is 12.9. The minimum absolute atomic E-state index is 0.0105. The number of nitrogens with one attached hydrogen (secondary N) is 1. The number of hydrogen-bond donors (Lipinski definition) is 1. The molecule has 2 aromatic carbocycles. The van der Waals surface area contributed by atoms with Crippen molar-refractivity contribution < 1.29 is 22.7 Å². The maximum Gasteiger partial charge on any atom is 0.324 e. The monoisotopic (exact) mass is 476 g/mol. The van der Waals surface area contributed by atoms with Gasteiger partial charge in [-0.3, -0.25) is 9.59 Å². The van der Waals surface area contributed by atoms with E-state index in [0.29, 0.717) is 10.7 Å². The first-order chi connectivity index (χ1) is 15.0. The lowest BCUT2D eigenvalue weighted by Gasteiger charge is -2.16. The third-order valence-electron chi connectivity index (χ3n) is 5.54. The fourth-order valence-corrected chi connectivity index (χ4v) is 5.13. The Morgan fingerprint density at radius 1 is 1.09 bits per heavy atom. The molecular formula is C23H25ClN2O5S. The van der Waals surface area contributed by atoms with Gasteiger partial charge in [-0.2, -0.15) is 0 Å². The van der Waals surface area contributed by atoms with Gasteiger partial charge in [0.25, 0.3) is 5.91 Å². The largest absolute Gasteiger partial charge is 0.468 e. The molecule has 9 heteroatoms. The molecule has 7 nitrogen and oxygen atoms in total. The van der Waals surface area contributed by atoms with E-state index in [0.717, 1.165) is 29.1 Å². The summed E-state index contributed by atoms with van der Waals surface area (Å²) in [7, 11) is -0.914. The highest BCUT2D eigenvalue weighted by Crippen LogP contribution is 2.28. The lowest BCUT2D eigenvalue weighted by Crippen LogP contribution is -2.29. The average Bonchev–Trinajstić information content (AvgIpc) is 3.09. The zero-order valence-corrected chi connectivity index (χ0v) is 20.0. The number of aryl methyl sites for hydroxylation is 2. The van der Waals surface area contributed by atoms with Gasteiger partial charge in [-0.25, -0.2) is 8.42 Å². The number of carbonyl (C=O) groups excluding carboxylic acids is 2. The van der Waals surface area contributed by atoms with Crippen LogP contribution in [0.3, 0.4) is 0 Å². The number of amides is 1. The van der Waals surface area contributed by atoms with Gasteiger partial charge in [0.1, 0.15) is 5.69 Å². The number of fused-ring (bicyclic) bond motifs is 1. The van der Waals surface area contributed by atoms with Crippen LogP contribution in [0.25, 0.3) is 10.9 Å². The van der Waals surface area contributed by atoms with Crippen molar-refractivity contribution in [2.75, 3.05) is 7.11 Å². The number of methoxy groups -OCH3 is 1. The minimum atomic E-state index is -3.86. The van der Waals surface area contributed by atoms with Crippen LogP contribution in [-0.2, 0) is 26.4 Å². The summed E-state index contributed by atoms with van der Waals surface area (Å²) in [6.45, 7) is 5.03. The number of ether oxygens (including phenoxy) is 1. The Balaban J connectivity index is 1.81. The Morgan fingerprint density at radius 2 is 1.72 bits per heavy atom. The molecule has 0 spiro atoms. The molecule has 1 N–H and O–H groups in total. The van der Waals surface area contributed by atoms with Crippen LogP contribution >= 0.6 is 11.6 Å². The van der Waals surface area contributed by atoms with Crippen molar-refractivity contribution in [1.82, 2.24) is 9.88 Å². The second-order valence-corrected chi connectivity index (χ2v) is 10.4. The van der Waals surface area contributed by atoms with Crippen LogP contribution in [0, 0.1) is 6.92 Å². The van der Waals surface area contributed by atoms with Gasteiger partial charge >= 0.3 is 5.97 Å². The first kappa shape index (κ1) is 23.8. The van der Waals surface area contributed by atoms with Crippen molar-refractivity contribution in [2.45, 2.75) is 37.0 Å². The van der Waals surface area contributed by atoms with Gasteiger partial charge < -0.3 is 14.6 Å². The quantitative estimate of drug-likeness (QED) is 0.543. The standard InChI is InChI=1S/C23H25ClN2O5S/c1-13-10-19(24)18-12-21(26(4)20(18)11-13)22(27)25-14(2)16-6-8-17(9-7-16)32(29,30)15(3)23(28)31-5/h6-12,14-15H,1-5H3,(H,25,27). The average molecular weight is 477 g/mol. The molecule has 170 valence electrons. The van der Waals surface area contributed by atoms with Gasteiger partial charge in [0.05, 0.1) is 28.6 Å². The molecule has 0 saturated heterocycles. The summed E-state index contributed by atoms with van der Waals surface area (Å²) in [5.41, 5.74) is 3.05. The Hall–Kier alpha value is -2.84. The lowest BCUT2D eigenvalue weighted by atomic mass is 10.1. The number of sulfone groups is 1. The van der Waals surface area contributed by atoms with Crippen LogP contribution in [0.5, 0.6) is 0 Å². The van der Waals surface area contributed by atoms with Crippen molar-refractivity contribution in [1.29, 1.82) is 0 Å². The molecule has 0 aliphatic carbocycles. The highest BCUT2D eigenvalue weighted by Gasteiger charge is 2.30. The number of aromatic nitrogens is 1. The van der Waals surface area contributed by atoms with E-state index < -0.39 is 21.1 Å². The van der Waals surface area contributed by atoms with E-state index in [1.807, 2.05) is 19.1 Å². The van der Waals surface area contributed by atoms with E-state index in [1.54, 1.807) is 36.7 Å². The Bertz CT molecular complexity index is 1300. The molecule has 3 rings (SSSR count). The van der Waals surface area contributed by atoms with E-state index in [4.69, 9.17) is 11.6 Å². The molecule has 2 atom stereocenters. The molecule has 1 aromatic heterocycles. The van der Waals surface area contributed by atoms with E-state index in [1.165, 1.54) is 19.1 Å². The fourth-order valence-electron chi connectivity index (χ4n) is 3.53. The minimum Gasteiger partial charge on any atom is -0.468 e. The molecule has 0 saturated carbocycles. The van der Waals surface area contributed by atoms with Crippen molar-refractivity contribution in [3.63, 3.8) is 0 Å².